The average Bonchev–Trinajstić information content (AvgIpc) is 3.05. The van der Waals surface area contributed by atoms with Gasteiger partial charge in [0.2, 0.25) is 5.91 Å². The number of carbonyl (C=O) groups excluding carboxylic acids is 2. The van der Waals surface area contributed by atoms with Crippen LogP contribution < -0.4 is 10.9 Å². The molecule has 124 valence electrons. The van der Waals surface area contributed by atoms with E-state index >= 15 is 0 Å². The lowest BCUT2D eigenvalue weighted by Gasteiger charge is -2.12. The standard InChI is InChI=1S/C17H28N2O2S/c1-3-4-5-6-7-8-9-11-14(2)16(20)18-19-17(21)15-12-10-13-22-15/h10,12-14H,3-9,11H2,1-2H3,(H,18,20)(H,19,21). The zero-order valence-electron chi connectivity index (χ0n) is 13.7. The highest BCUT2D eigenvalue weighted by atomic mass is 32.1. The minimum absolute atomic E-state index is 0.0701. The van der Waals surface area contributed by atoms with Crippen molar-refractivity contribution >= 4 is 23.2 Å². The average molecular weight is 324 g/mol. The molecular weight excluding hydrogens is 296 g/mol. The van der Waals surface area contributed by atoms with Crippen molar-refractivity contribution in [1.29, 1.82) is 0 Å². The zero-order chi connectivity index (χ0) is 16.2. The predicted molar refractivity (Wildman–Crippen MR) is 91.7 cm³/mol. The third-order valence-corrected chi connectivity index (χ3v) is 4.60. The zero-order valence-corrected chi connectivity index (χ0v) is 14.5. The van der Waals surface area contributed by atoms with Gasteiger partial charge in [0.25, 0.3) is 5.91 Å². The summed E-state index contributed by atoms with van der Waals surface area (Å²) in [5.41, 5.74) is 4.97. The van der Waals surface area contributed by atoms with Crippen molar-refractivity contribution in [1.82, 2.24) is 10.9 Å². The van der Waals surface area contributed by atoms with E-state index in [0.29, 0.717) is 4.88 Å². The number of unbranched alkanes of at least 4 members (excludes halogenated alkanes) is 6. The molecule has 0 aliphatic heterocycles. The molecule has 0 spiro atoms. The van der Waals surface area contributed by atoms with Crippen LogP contribution in [0.2, 0.25) is 0 Å². The van der Waals surface area contributed by atoms with E-state index in [9.17, 15) is 9.59 Å². The van der Waals surface area contributed by atoms with Gasteiger partial charge in [-0.3, -0.25) is 20.4 Å². The van der Waals surface area contributed by atoms with Crippen LogP contribution in [0.25, 0.3) is 0 Å². The van der Waals surface area contributed by atoms with Crippen molar-refractivity contribution in [3.05, 3.63) is 22.4 Å². The second kappa shape index (κ2) is 11.2. The monoisotopic (exact) mass is 324 g/mol. The van der Waals surface area contributed by atoms with Gasteiger partial charge in [-0.2, -0.15) is 0 Å². The SMILES string of the molecule is CCCCCCCCCC(C)C(=O)NNC(=O)c1cccs1. The van der Waals surface area contributed by atoms with E-state index in [1.807, 2.05) is 18.4 Å². The number of amides is 2. The summed E-state index contributed by atoms with van der Waals surface area (Å²) in [6.45, 7) is 4.13. The first-order valence-electron chi connectivity index (χ1n) is 8.28. The first-order valence-corrected chi connectivity index (χ1v) is 9.16. The van der Waals surface area contributed by atoms with Crippen LogP contribution in [0.1, 0.15) is 74.9 Å². The van der Waals surface area contributed by atoms with Crippen molar-refractivity contribution in [3.8, 4) is 0 Å². The Bertz CT molecular complexity index is 432. The molecule has 1 unspecified atom stereocenters. The van der Waals surface area contributed by atoms with Crippen molar-refractivity contribution < 1.29 is 9.59 Å². The maximum Gasteiger partial charge on any atom is 0.279 e. The van der Waals surface area contributed by atoms with Crippen LogP contribution in [-0.4, -0.2) is 11.8 Å². The molecule has 0 aromatic carbocycles. The third-order valence-electron chi connectivity index (χ3n) is 3.73. The lowest BCUT2D eigenvalue weighted by Crippen LogP contribution is -2.43. The molecule has 4 nitrogen and oxygen atoms in total. The summed E-state index contributed by atoms with van der Waals surface area (Å²) in [5.74, 6) is -0.443. The number of hydrogen-bond acceptors (Lipinski definition) is 3. The Balaban J connectivity index is 2.08. The molecule has 0 bridgehead atoms. The largest absolute Gasteiger partial charge is 0.279 e. The van der Waals surface area contributed by atoms with Crippen molar-refractivity contribution in [2.75, 3.05) is 0 Å². The van der Waals surface area contributed by atoms with E-state index in [2.05, 4.69) is 17.8 Å². The Kier molecular flexibility index (Phi) is 9.55. The molecule has 0 aliphatic rings. The maximum absolute atomic E-state index is 11.9. The molecule has 5 heteroatoms. The molecule has 1 aromatic rings. The number of rotatable bonds is 10. The molecule has 2 N–H and O–H groups in total. The highest BCUT2D eigenvalue weighted by molar-refractivity contribution is 7.12. The van der Waals surface area contributed by atoms with E-state index in [-0.39, 0.29) is 17.7 Å². The lowest BCUT2D eigenvalue weighted by molar-refractivity contribution is -0.125. The molecule has 0 saturated heterocycles. The van der Waals surface area contributed by atoms with Gasteiger partial charge in [-0.1, -0.05) is 64.9 Å². The van der Waals surface area contributed by atoms with Crippen LogP contribution in [0, 0.1) is 5.92 Å². The van der Waals surface area contributed by atoms with Gasteiger partial charge in [-0.25, -0.2) is 0 Å². The first kappa shape index (κ1) is 18.7. The van der Waals surface area contributed by atoms with Gasteiger partial charge in [0, 0.05) is 5.92 Å². The summed E-state index contributed by atoms with van der Waals surface area (Å²) in [6, 6.07) is 3.54. The van der Waals surface area contributed by atoms with E-state index in [1.165, 1.54) is 49.9 Å². The lowest BCUT2D eigenvalue weighted by atomic mass is 10.0. The minimum atomic E-state index is -0.258. The van der Waals surface area contributed by atoms with Gasteiger partial charge in [0.1, 0.15) is 0 Å². The summed E-state index contributed by atoms with van der Waals surface area (Å²) in [6.07, 6.45) is 9.59. The fourth-order valence-electron chi connectivity index (χ4n) is 2.25. The van der Waals surface area contributed by atoms with Gasteiger partial charge in [-0.15, -0.1) is 11.3 Å². The topological polar surface area (TPSA) is 58.2 Å². The summed E-state index contributed by atoms with van der Waals surface area (Å²) < 4.78 is 0. The summed E-state index contributed by atoms with van der Waals surface area (Å²) in [5, 5.41) is 1.83. The van der Waals surface area contributed by atoms with Gasteiger partial charge in [0.05, 0.1) is 4.88 Å². The highest BCUT2D eigenvalue weighted by Gasteiger charge is 2.14. The molecular formula is C17H28N2O2S. The number of carbonyl (C=O) groups is 2. The molecule has 0 saturated carbocycles. The molecule has 0 aliphatic carbocycles. The number of nitrogens with one attached hydrogen (secondary N) is 2. The quantitative estimate of drug-likeness (QED) is 0.498. The normalized spacial score (nSPS) is 11.9. The molecule has 22 heavy (non-hydrogen) atoms. The Morgan fingerprint density at radius 2 is 1.77 bits per heavy atom. The molecule has 0 radical (unpaired) electrons. The van der Waals surface area contributed by atoms with Crippen LogP contribution in [0.5, 0.6) is 0 Å². The van der Waals surface area contributed by atoms with E-state index < -0.39 is 0 Å². The van der Waals surface area contributed by atoms with Gasteiger partial charge in [-0.05, 0) is 17.9 Å². The Hall–Kier alpha value is -1.36. The van der Waals surface area contributed by atoms with Crippen LogP contribution >= 0.6 is 11.3 Å². The van der Waals surface area contributed by atoms with Crippen LogP contribution in [-0.2, 0) is 4.79 Å². The molecule has 1 aromatic heterocycles. The molecule has 1 rings (SSSR count). The Labute approximate surface area is 137 Å². The first-order chi connectivity index (χ1) is 10.6. The third kappa shape index (κ3) is 7.59. The second-order valence-corrected chi connectivity index (χ2v) is 6.68. The number of hydrazine groups is 1. The van der Waals surface area contributed by atoms with Gasteiger partial charge in [0.15, 0.2) is 0 Å². The predicted octanol–water partition coefficient (Wildman–Crippen LogP) is 4.29. The molecule has 2 amide bonds. The van der Waals surface area contributed by atoms with Crippen molar-refractivity contribution in [2.45, 2.75) is 65.2 Å². The highest BCUT2D eigenvalue weighted by Crippen LogP contribution is 2.12. The fourth-order valence-corrected chi connectivity index (χ4v) is 2.87. The summed E-state index contributed by atoms with van der Waals surface area (Å²) in [7, 11) is 0. The van der Waals surface area contributed by atoms with Gasteiger partial charge >= 0.3 is 0 Å². The van der Waals surface area contributed by atoms with E-state index in [0.717, 1.165) is 12.8 Å². The van der Waals surface area contributed by atoms with Crippen LogP contribution in [0.3, 0.4) is 0 Å². The Morgan fingerprint density at radius 1 is 1.09 bits per heavy atom. The number of thiophene rings is 1. The maximum atomic E-state index is 11.9. The van der Waals surface area contributed by atoms with Crippen LogP contribution in [0.15, 0.2) is 17.5 Å². The van der Waals surface area contributed by atoms with Crippen molar-refractivity contribution in [3.63, 3.8) is 0 Å². The summed E-state index contributed by atoms with van der Waals surface area (Å²) >= 11 is 1.35. The number of hydrogen-bond donors (Lipinski definition) is 2. The van der Waals surface area contributed by atoms with Crippen molar-refractivity contribution in [2.24, 2.45) is 5.92 Å². The van der Waals surface area contributed by atoms with Crippen LogP contribution in [0.4, 0.5) is 0 Å². The van der Waals surface area contributed by atoms with E-state index in [1.54, 1.807) is 6.07 Å². The minimum Gasteiger partial charge on any atom is -0.273 e. The summed E-state index contributed by atoms with van der Waals surface area (Å²) in [4.78, 5) is 24.2. The van der Waals surface area contributed by atoms with Gasteiger partial charge < -0.3 is 0 Å². The molecule has 1 atom stereocenters. The molecule has 1 heterocycles. The smallest absolute Gasteiger partial charge is 0.273 e. The Morgan fingerprint density at radius 3 is 2.41 bits per heavy atom. The fraction of sp³-hybridized carbons (Fsp3) is 0.647. The molecule has 0 fully saturated rings. The van der Waals surface area contributed by atoms with E-state index in [4.69, 9.17) is 0 Å². The second-order valence-electron chi connectivity index (χ2n) is 5.73.